The van der Waals surface area contributed by atoms with Crippen LogP contribution >= 0.6 is 0 Å². The fourth-order valence-corrected chi connectivity index (χ4v) is 1.72. The lowest BCUT2D eigenvalue weighted by Crippen LogP contribution is -2.42. The molecule has 0 spiro atoms. The highest BCUT2D eigenvalue weighted by atomic mass is 16.6. The number of Topliss-reactive ketones (excluding diaryl/α,β-unsaturated/α-hetero) is 1. The van der Waals surface area contributed by atoms with E-state index < -0.39 is 5.60 Å². The van der Waals surface area contributed by atoms with E-state index in [9.17, 15) is 9.59 Å². The summed E-state index contributed by atoms with van der Waals surface area (Å²) in [5.74, 6) is 0.543. The van der Waals surface area contributed by atoms with Gasteiger partial charge in [0, 0.05) is 24.9 Å². The van der Waals surface area contributed by atoms with E-state index in [1.165, 1.54) is 0 Å². The summed E-state index contributed by atoms with van der Waals surface area (Å²) in [5.41, 5.74) is -0.495. The van der Waals surface area contributed by atoms with Gasteiger partial charge in [-0.1, -0.05) is 0 Å². The lowest BCUT2D eigenvalue weighted by atomic mass is 10.2. The van der Waals surface area contributed by atoms with Crippen LogP contribution in [0.25, 0.3) is 0 Å². The van der Waals surface area contributed by atoms with Crippen molar-refractivity contribution in [2.24, 2.45) is 5.92 Å². The van der Waals surface area contributed by atoms with E-state index in [1.54, 1.807) is 4.90 Å². The molecule has 1 rings (SSSR count). The van der Waals surface area contributed by atoms with E-state index in [2.05, 4.69) is 0 Å². The average Bonchev–Trinajstić information content (AvgIpc) is 2.96. The van der Waals surface area contributed by atoms with Crippen LogP contribution in [0.5, 0.6) is 0 Å². The van der Waals surface area contributed by atoms with E-state index in [0.717, 1.165) is 12.8 Å². The Morgan fingerprint density at radius 2 is 1.83 bits per heavy atom. The molecule has 0 aromatic heterocycles. The minimum absolute atomic E-state index is 0.0480. The minimum Gasteiger partial charge on any atom is -0.444 e. The summed E-state index contributed by atoms with van der Waals surface area (Å²) in [4.78, 5) is 25.3. The second-order valence-corrected chi connectivity index (χ2v) is 6.26. The Labute approximate surface area is 110 Å². The van der Waals surface area contributed by atoms with Gasteiger partial charge in [0.25, 0.3) is 0 Å². The first kappa shape index (κ1) is 15.0. The van der Waals surface area contributed by atoms with Gasteiger partial charge in [-0.05, 0) is 47.5 Å². The van der Waals surface area contributed by atoms with Crippen LogP contribution in [0.4, 0.5) is 4.79 Å². The summed E-state index contributed by atoms with van der Waals surface area (Å²) in [6, 6.07) is 0.0480. The number of hydrogen-bond acceptors (Lipinski definition) is 3. The summed E-state index contributed by atoms with van der Waals surface area (Å²) in [5, 5.41) is 0. The number of nitrogens with zero attached hydrogens (tertiary/aromatic N) is 1. The number of rotatable bonds is 5. The fraction of sp³-hybridized carbons (Fsp3) is 0.857. The van der Waals surface area contributed by atoms with Crippen LogP contribution in [0.1, 0.15) is 53.9 Å². The molecule has 1 amide bonds. The van der Waals surface area contributed by atoms with Gasteiger partial charge in [-0.15, -0.1) is 0 Å². The second-order valence-electron chi connectivity index (χ2n) is 6.26. The SMILES string of the molecule is CC(C)N(CCC(=O)C1CC1)C(=O)OC(C)(C)C. The molecule has 18 heavy (non-hydrogen) atoms. The predicted molar refractivity (Wildman–Crippen MR) is 70.4 cm³/mol. The number of ketones is 1. The Morgan fingerprint density at radius 3 is 2.22 bits per heavy atom. The van der Waals surface area contributed by atoms with Crippen LogP contribution in [0.2, 0.25) is 0 Å². The lowest BCUT2D eigenvalue weighted by molar-refractivity contribution is -0.120. The zero-order valence-electron chi connectivity index (χ0n) is 12.2. The Balaban J connectivity index is 2.48. The number of carbonyl (C=O) groups is 2. The largest absolute Gasteiger partial charge is 0.444 e. The van der Waals surface area contributed by atoms with Crippen molar-refractivity contribution in [3.05, 3.63) is 0 Å². The van der Waals surface area contributed by atoms with Crippen molar-refractivity contribution in [1.29, 1.82) is 0 Å². The number of carbonyl (C=O) groups excluding carboxylic acids is 2. The normalized spacial score (nSPS) is 15.7. The molecule has 1 aliphatic rings. The Hall–Kier alpha value is -1.06. The summed E-state index contributed by atoms with van der Waals surface area (Å²) >= 11 is 0. The molecule has 1 aliphatic carbocycles. The molecule has 0 saturated heterocycles. The van der Waals surface area contributed by atoms with Crippen molar-refractivity contribution in [2.75, 3.05) is 6.54 Å². The van der Waals surface area contributed by atoms with Gasteiger partial charge in [0.15, 0.2) is 0 Å². The van der Waals surface area contributed by atoms with Gasteiger partial charge in [-0.25, -0.2) is 4.79 Å². The van der Waals surface area contributed by atoms with Crippen molar-refractivity contribution >= 4 is 11.9 Å². The third kappa shape index (κ3) is 5.07. The molecule has 0 N–H and O–H groups in total. The maximum absolute atomic E-state index is 12.0. The molecule has 0 aliphatic heterocycles. The second kappa shape index (κ2) is 5.72. The molecule has 0 bridgehead atoms. The van der Waals surface area contributed by atoms with E-state index >= 15 is 0 Å². The highest BCUT2D eigenvalue weighted by molar-refractivity contribution is 5.83. The van der Waals surface area contributed by atoms with Crippen molar-refractivity contribution < 1.29 is 14.3 Å². The minimum atomic E-state index is -0.495. The third-order valence-electron chi connectivity index (χ3n) is 2.88. The molecule has 4 heteroatoms. The molecule has 104 valence electrons. The van der Waals surface area contributed by atoms with Gasteiger partial charge < -0.3 is 9.64 Å². The van der Waals surface area contributed by atoms with Gasteiger partial charge in [0.2, 0.25) is 0 Å². The molecular formula is C14H25NO3. The fourth-order valence-electron chi connectivity index (χ4n) is 1.72. The van der Waals surface area contributed by atoms with Crippen molar-refractivity contribution in [2.45, 2.75) is 65.5 Å². The smallest absolute Gasteiger partial charge is 0.410 e. The van der Waals surface area contributed by atoms with Crippen LogP contribution in [0.3, 0.4) is 0 Å². The quantitative estimate of drug-likeness (QED) is 0.758. The van der Waals surface area contributed by atoms with Crippen LogP contribution in [0.15, 0.2) is 0 Å². The van der Waals surface area contributed by atoms with Gasteiger partial charge in [-0.2, -0.15) is 0 Å². The zero-order chi connectivity index (χ0) is 13.9. The summed E-state index contributed by atoms with van der Waals surface area (Å²) in [6.45, 7) is 9.87. The standard InChI is InChI=1S/C14H25NO3/c1-10(2)15(13(17)18-14(3,4)5)9-8-12(16)11-6-7-11/h10-11H,6-9H2,1-5H3. The van der Waals surface area contributed by atoms with E-state index in [4.69, 9.17) is 4.74 Å². The predicted octanol–water partition coefficient (Wildman–Crippen LogP) is 3.00. The Bertz CT molecular complexity index is 313. The van der Waals surface area contributed by atoms with Crippen LogP contribution in [0, 0.1) is 5.92 Å². The lowest BCUT2D eigenvalue weighted by Gasteiger charge is -2.30. The first-order chi connectivity index (χ1) is 8.20. The van der Waals surface area contributed by atoms with Crippen molar-refractivity contribution in [3.63, 3.8) is 0 Å². The molecule has 1 fully saturated rings. The summed E-state index contributed by atoms with van der Waals surface area (Å²) in [6.07, 6.45) is 2.16. The monoisotopic (exact) mass is 255 g/mol. The van der Waals surface area contributed by atoms with Crippen LogP contribution in [-0.2, 0) is 9.53 Å². The third-order valence-corrected chi connectivity index (χ3v) is 2.88. The molecule has 1 saturated carbocycles. The first-order valence-electron chi connectivity index (χ1n) is 6.73. The van der Waals surface area contributed by atoms with Crippen molar-refractivity contribution in [1.82, 2.24) is 4.90 Å². The van der Waals surface area contributed by atoms with Crippen LogP contribution < -0.4 is 0 Å². The molecule has 0 atom stereocenters. The van der Waals surface area contributed by atoms with E-state index in [-0.39, 0.29) is 23.8 Å². The van der Waals surface area contributed by atoms with Crippen molar-refractivity contribution in [3.8, 4) is 0 Å². The Morgan fingerprint density at radius 1 is 1.28 bits per heavy atom. The summed E-state index contributed by atoms with van der Waals surface area (Å²) in [7, 11) is 0. The first-order valence-corrected chi connectivity index (χ1v) is 6.73. The van der Waals surface area contributed by atoms with Gasteiger partial charge >= 0.3 is 6.09 Å². The molecule has 0 aromatic rings. The Kier molecular flexibility index (Phi) is 4.77. The average molecular weight is 255 g/mol. The zero-order valence-corrected chi connectivity index (χ0v) is 12.2. The molecule has 4 nitrogen and oxygen atoms in total. The molecule has 0 aromatic carbocycles. The number of ether oxygens (including phenoxy) is 1. The molecule has 0 unspecified atom stereocenters. The van der Waals surface area contributed by atoms with Crippen LogP contribution in [-0.4, -0.2) is 35.0 Å². The maximum Gasteiger partial charge on any atom is 0.410 e. The molecule has 0 radical (unpaired) electrons. The topological polar surface area (TPSA) is 46.6 Å². The van der Waals surface area contributed by atoms with E-state index in [0.29, 0.717) is 13.0 Å². The van der Waals surface area contributed by atoms with Gasteiger partial charge in [0.05, 0.1) is 0 Å². The number of amides is 1. The highest BCUT2D eigenvalue weighted by Crippen LogP contribution is 2.31. The summed E-state index contributed by atoms with van der Waals surface area (Å²) < 4.78 is 5.35. The molecule has 0 heterocycles. The highest BCUT2D eigenvalue weighted by Gasteiger charge is 2.30. The number of hydrogen-bond donors (Lipinski definition) is 0. The van der Waals surface area contributed by atoms with Gasteiger partial charge in [0.1, 0.15) is 11.4 Å². The molecular weight excluding hydrogens is 230 g/mol. The van der Waals surface area contributed by atoms with E-state index in [1.807, 2.05) is 34.6 Å². The maximum atomic E-state index is 12.0. The van der Waals surface area contributed by atoms with Gasteiger partial charge in [-0.3, -0.25) is 4.79 Å².